The summed E-state index contributed by atoms with van der Waals surface area (Å²) in [6.45, 7) is 0. The summed E-state index contributed by atoms with van der Waals surface area (Å²) in [4.78, 5) is 13.2. The largest absolute Gasteiger partial charge is 0.493 e. The van der Waals surface area contributed by atoms with Gasteiger partial charge in [-0.15, -0.1) is 0 Å². The molecular weight excluding hydrogens is 332 g/mol. The summed E-state index contributed by atoms with van der Waals surface area (Å²) in [6, 6.07) is 1.91. The molecule has 10 heteroatoms. The molecule has 4 nitrogen and oxygen atoms in total. The highest BCUT2D eigenvalue weighted by Gasteiger charge is 2.47. The van der Waals surface area contributed by atoms with Gasteiger partial charge < -0.3 is 14.5 Å². The Hall–Kier alpha value is -2.39. The van der Waals surface area contributed by atoms with E-state index in [1.165, 1.54) is 7.11 Å². The van der Waals surface area contributed by atoms with Crippen molar-refractivity contribution < 1.29 is 40.6 Å². The molecule has 0 atom stereocenters. The molecule has 126 valence electrons. The Kier molecular flexibility index (Phi) is 3.95. The van der Waals surface area contributed by atoms with Crippen LogP contribution < -0.4 is 9.47 Å². The van der Waals surface area contributed by atoms with E-state index in [0.717, 1.165) is 19.2 Å². The van der Waals surface area contributed by atoms with Crippen LogP contribution in [0.25, 0.3) is 10.9 Å². The lowest BCUT2D eigenvalue weighted by molar-refractivity contribution is -0.141. The smallest absolute Gasteiger partial charge is 0.454 e. The van der Waals surface area contributed by atoms with Gasteiger partial charge in [0.25, 0.3) is 5.78 Å². The summed E-state index contributed by atoms with van der Waals surface area (Å²) in [6.07, 6.45) is -10.6. The highest BCUT2D eigenvalue weighted by molar-refractivity contribution is 6.12. The maximum Gasteiger partial charge on any atom is 0.454 e. The first-order valence-corrected chi connectivity index (χ1v) is 5.97. The van der Waals surface area contributed by atoms with Gasteiger partial charge in [-0.25, -0.2) is 0 Å². The Balaban J connectivity index is 2.87. The molecule has 23 heavy (non-hydrogen) atoms. The fourth-order valence-electron chi connectivity index (χ4n) is 2.11. The molecule has 0 amide bonds. The summed E-state index contributed by atoms with van der Waals surface area (Å²) < 4.78 is 86.6. The van der Waals surface area contributed by atoms with Gasteiger partial charge in [-0.05, 0) is 6.07 Å². The lowest BCUT2D eigenvalue weighted by Crippen LogP contribution is -2.25. The second-order valence-corrected chi connectivity index (χ2v) is 4.45. The normalized spacial score (nSPS) is 12.5. The summed E-state index contributed by atoms with van der Waals surface area (Å²) in [7, 11) is 2.37. The molecule has 2 aromatic rings. The minimum Gasteiger partial charge on any atom is -0.493 e. The molecule has 0 saturated heterocycles. The lowest BCUT2D eigenvalue weighted by Gasteiger charge is -2.10. The second-order valence-electron chi connectivity index (χ2n) is 4.45. The minimum atomic E-state index is -5.46. The van der Waals surface area contributed by atoms with E-state index in [-0.39, 0.29) is 17.0 Å². The molecule has 0 radical (unpaired) electrons. The van der Waals surface area contributed by atoms with Crippen LogP contribution in [-0.2, 0) is 6.18 Å². The van der Waals surface area contributed by atoms with Gasteiger partial charge >= 0.3 is 12.4 Å². The number of nitrogens with one attached hydrogen (secondary N) is 1. The third-order valence-corrected chi connectivity index (χ3v) is 3.07. The predicted molar refractivity (Wildman–Crippen MR) is 66.8 cm³/mol. The van der Waals surface area contributed by atoms with Crippen LogP contribution in [0.1, 0.15) is 16.1 Å². The zero-order valence-corrected chi connectivity index (χ0v) is 11.6. The molecule has 1 heterocycles. The number of hydrogen-bond acceptors (Lipinski definition) is 3. The van der Waals surface area contributed by atoms with Crippen molar-refractivity contribution in [1.82, 2.24) is 4.98 Å². The summed E-state index contributed by atoms with van der Waals surface area (Å²) in [5, 5.41) is -0.558. The molecule has 1 aromatic heterocycles. The number of alkyl halides is 6. The summed E-state index contributed by atoms with van der Waals surface area (Å²) in [5.74, 6) is -2.70. The SMILES string of the molecule is COc1cc2[nH]c(C(F)(F)F)c(C(=O)C(F)(F)F)c2cc1OC. The monoisotopic (exact) mass is 341 g/mol. The van der Waals surface area contributed by atoms with Crippen LogP contribution in [0.15, 0.2) is 12.1 Å². The maximum atomic E-state index is 13.0. The van der Waals surface area contributed by atoms with E-state index in [4.69, 9.17) is 9.47 Å². The predicted octanol–water partition coefficient (Wildman–Crippen LogP) is 3.95. The van der Waals surface area contributed by atoms with Crippen LogP contribution in [0.3, 0.4) is 0 Å². The molecular formula is C13H9F6NO3. The van der Waals surface area contributed by atoms with Gasteiger partial charge in [0.05, 0.1) is 25.3 Å². The zero-order chi connectivity index (χ0) is 17.6. The number of carbonyl (C=O) groups is 1. The summed E-state index contributed by atoms with van der Waals surface area (Å²) in [5.41, 5.74) is -3.60. The quantitative estimate of drug-likeness (QED) is 0.679. The average molecular weight is 341 g/mol. The van der Waals surface area contributed by atoms with E-state index in [1.54, 1.807) is 4.98 Å². The third-order valence-electron chi connectivity index (χ3n) is 3.07. The molecule has 0 unspecified atom stereocenters. The molecule has 1 aromatic carbocycles. The lowest BCUT2D eigenvalue weighted by atomic mass is 10.0. The van der Waals surface area contributed by atoms with Crippen molar-refractivity contribution in [1.29, 1.82) is 0 Å². The fourth-order valence-corrected chi connectivity index (χ4v) is 2.11. The number of rotatable bonds is 3. The number of fused-ring (bicyclic) bond motifs is 1. The first-order valence-electron chi connectivity index (χ1n) is 5.97. The van der Waals surface area contributed by atoms with E-state index < -0.39 is 34.8 Å². The third kappa shape index (κ3) is 2.92. The second kappa shape index (κ2) is 5.36. The number of H-pyrrole nitrogens is 1. The molecule has 0 saturated carbocycles. The van der Waals surface area contributed by atoms with Crippen LogP contribution in [0.4, 0.5) is 26.3 Å². The molecule has 0 spiro atoms. The molecule has 0 bridgehead atoms. The van der Waals surface area contributed by atoms with E-state index in [0.29, 0.717) is 0 Å². The zero-order valence-electron chi connectivity index (χ0n) is 11.6. The van der Waals surface area contributed by atoms with Gasteiger partial charge in [0.15, 0.2) is 11.5 Å². The number of Topliss-reactive ketones (excluding diaryl/α,β-unsaturated/α-hetero) is 1. The van der Waals surface area contributed by atoms with Gasteiger partial charge in [0, 0.05) is 11.5 Å². The number of ether oxygens (including phenoxy) is 2. The number of aromatic amines is 1. The van der Waals surface area contributed by atoms with Crippen LogP contribution in [0.5, 0.6) is 11.5 Å². The molecule has 0 fully saturated rings. The van der Waals surface area contributed by atoms with E-state index >= 15 is 0 Å². The highest BCUT2D eigenvalue weighted by atomic mass is 19.4. The van der Waals surface area contributed by atoms with Crippen molar-refractivity contribution in [3.05, 3.63) is 23.4 Å². The molecule has 0 aliphatic carbocycles. The Labute approximate surface area is 125 Å². The van der Waals surface area contributed by atoms with Crippen LogP contribution in [0.2, 0.25) is 0 Å². The fraction of sp³-hybridized carbons (Fsp3) is 0.308. The number of carbonyl (C=O) groups excluding carboxylic acids is 1. The van der Waals surface area contributed by atoms with Crippen LogP contribution in [-0.4, -0.2) is 31.2 Å². The Morgan fingerprint density at radius 2 is 1.52 bits per heavy atom. The van der Waals surface area contributed by atoms with E-state index in [9.17, 15) is 31.1 Å². The molecule has 1 N–H and O–H groups in total. The molecule has 2 rings (SSSR count). The Morgan fingerprint density at radius 3 is 1.96 bits per heavy atom. The number of ketones is 1. The van der Waals surface area contributed by atoms with Gasteiger partial charge in [0.2, 0.25) is 0 Å². The average Bonchev–Trinajstić information content (AvgIpc) is 2.81. The Bertz CT molecular complexity index is 760. The maximum absolute atomic E-state index is 13.0. The van der Waals surface area contributed by atoms with E-state index in [1.807, 2.05) is 0 Å². The standard InChI is InChI=1S/C13H9F6NO3/c1-22-7-3-5-6(4-8(7)23-2)20-10(12(14,15)16)9(5)11(21)13(17,18)19/h3-4,20H,1-2H3. The van der Waals surface area contributed by atoms with Crippen molar-refractivity contribution >= 4 is 16.7 Å². The number of halogens is 6. The van der Waals surface area contributed by atoms with E-state index in [2.05, 4.69) is 0 Å². The van der Waals surface area contributed by atoms with Crippen molar-refractivity contribution in [2.45, 2.75) is 12.4 Å². The van der Waals surface area contributed by atoms with Gasteiger partial charge in [0.1, 0.15) is 5.69 Å². The highest BCUT2D eigenvalue weighted by Crippen LogP contribution is 2.41. The van der Waals surface area contributed by atoms with Crippen molar-refractivity contribution in [2.24, 2.45) is 0 Å². The first kappa shape index (κ1) is 17.0. The number of benzene rings is 1. The molecule has 0 aliphatic heterocycles. The van der Waals surface area contributed by atoms with Crippen LogP contribution >= 0.6 is 0 Å². The van der Waals surface area contributed by atoms with Gasteiger partial charge in [-0.2, -0.15) is 26.3 Å². The van der Waals surface area contributed by atoms with Gasteiger partial charge in [-0.1, -0.05) is 0 Å². The Morgan fingerprint density at radius 1 is 1.00 bits per heavy atom. The van der Waals surface area contributed by atoms with Crippen molar-refractivity contribution in [3.8, 4) is 11.5 Å². The molecule has 0 aliphatic rings. The topological polar surface area (TPSA) is 51.3 Å². The first-order chi connectivity index (χ1) is 10.5. The van der Waals surface area contributed by atoms with Crippen molar-refractivity contribution in [2.75, 3.05) is 14.2 Å². The van der Waals surface area contributed by atoms with Crippen LogP contribution in [0, 0.1) is 0 Å². The van der Waals surface area contributed by atoms with Crippen molar-refractivity contribution in [3.63, 3.8) is 0 Å². The summed E-state index contributed by atoms with van der Waals surface area (Å²) >= 11 is 0. The minimum absolute atomic E-state index is 0.000909. The number of methoxy groups -OCH3 is 2. The van der Waals surface area contributed by atoms with Gasteiger partial charge in [-0.3, -0.25) is 4.79 Å². The number of hydrogen-bond donors (Lipinski definition) is 1. The number of aromatic nitrogens is 1.